The van der Waals surface area contributed by atoms with E-state index < -0.39 is 0 Å². The van der Waals surface area contributed by atoms with E-state index in [2.05, 4.69) is 78.2 Å². The Hall–Kier alpha value is -2.32. The van der Waals surface area contributed by atoms with Crippen molar-refractivity contribution in [2.24, 2.45) is 0 Å². The Morgan fingerprint density at radius 2 is 1.70 bits per heavy atom. The van der Waals surface area contributed by atoms with Crippen LogP contribution in [0.4, 0.5) is 0 Å². The summed E-state index contributed by atoms with van der Waals surface area (Å²) in [6.45, 7) is 0. The molecule has 4 rings (SSSR count). The molecule has 1 aliphatic carbocycles. The topological polar surface area (TPSA) is 9.23 Å². The maximum Gasteiger partial charge on any atom is 0.118 e. The standard InChI is InChI=1S/C21H18OS/c1-22-19-10-8-18(9-11-19)21(20-7-4-14-23-20)13-12-16-5-2-3-6-17(16)15-21/h2-12,14-15H,13H2,1H3. The van der Waals surface area contributed by atoms with Gasteiger partial charge in [-0.2, -0.15) is 0 Å². The number of ether oxygens (including phenoxy) is 1. The molecule has 0 aliphatic heterocycles. The van der Waals surface area contributed by atoms with Gasteiger partial charge in [0.25, 0.3) is 0 Å². The van der Waals surface area contributed by atoms with Crippen molar-refractivity contribution in [2.45, 2.75) is 11.8 Å². The monoisotopic (exact) mass is 318 g/mol. The van der Waals surface area contributed by atoms with Gasteiger partial charge in [0.05, 0.1) is 12.5 Å². The van der Waals surface area contributed by atoms with Crippen LogP contribution in [-0.2, 0) is 5.41 Å². The van der Waals surface area contributed by atoms with Gasteiger partial charge in [-0.25, -0.2) is 0 Å². The molecule has 0 radical (unpaired) electrons. The fourth-order valence-corrected chi connectivity index (χ4v) is 4.29. The van der Waals surface area contributed by atoms with Gasteiger partial charge in [0.2, 0.25) is 0 Å². The molecule has 1 atom stereocenters. The van der Waals surface area contributed by atoms with Crippen molar-refractivity contribution in [1.82, 2.24) is 0 Å². The predicted octanol–water partition coefficient (Wildman–Crippen LogP) is 3.71. The highest BCUT2D eigenvalue weighted by Crippen LogP contribution is 2.41. The van der Waals surface area contributed by atoms with E-state index in [0.29, 0.717) is 0 Å². The minimum Gasteiger partial charge on any atom is -0.497 e. The summed E-state index contributed by atoms with van der Waals surface area (Å²) in [4.78, 5) is 1.38. The lowest BCUT2D eigenvalue weighted by Crippen LogP contribution is -2.36. The average Bonchev–Trinajstić information content (AvgIpc) is 3.16. The Labute approximate surface area is 140 Å². The number of hydrogen-bond acceptors (Lipinski definition) is 2. The van der Waals surface area contributed by atoms with Crippen molar-refractivity contribution in [1.29, 1.82) is 0 Å². The highest BCUT2D eigenvalue weighted by Gasteiger charge is 2.33. The van der Waals surface area contributed by atoms with Crippen LogP contribution in [0.25, 0.3) is 12.2 Å². The zero-order chi connectivity index (χ0) is 15.7. The Bertz CT molecular complexity index is 923. The second-order valence-electron chi connectivity index (χ2n) is 5.86. The van der Waals surface area contributed by atoms with Gasteiger partial charge in [-0.3, -0.25) is 0 Å². The van der Waals surface area contributed by atoms with Crippen molar-refractivity contribution in [3.05, 3.63) is 86.9 Å². The van der Waals surface area contributed by atoms with Crippen LogP contribution in [0, 0.1) is 0 Å². The van der Waals surface area contributed by atoms with Crippen molar-refractivity contribution in [3.8, 4) is 5.75 Å². The smallest absolute Gasteiger partial charge is 0.118 e. The summed E-state index contributed by atoms with van der Waals surface area (Å²) in [5.41, 5.74) is 1.22. The zero-order valence-corrected chi connectivity index (χ0v) is 13.8. The molecule has 0 fully saturated rings. The van der Waals surface area contributed by atoms with Crippen molar-refractivity contribution in [3.63, 3.8) is 0 Å². The maximum atomic E-state index is 5.32. The molecule has 1 aromatic heterocycles. The van der Waals surface area contributed by atoms with E-state index in [1.807, 2.05) is 11.3 Å². The number of benzene rings is 2. The lowest BCUT2D eigenvalue weighted by Gasteiger charge is -2.31. The second-order valence-corrected chi connectivity index (χ2v) is 6.81. The summed E-state index contributed by atoms with van der Waals surface area (Å²) < 4.78 is 5.32. The molecule has 0 saturated heterocycles. The van der Waals surface area contributed by atoms with Gasteiger partial charge < -0.3 is 4.74 Å². The third kappa shape index (κ3) is 2.40. The Kier molecular flexibility index (Phi) is 3.55. The third-order valence-corrected chi connectivity index (χ3v) is 5.66. The van der Waals surface area contributed by atoms with Gasteiger partial charge in [-0.15, -0.1) is 11.3 Å². The SMILES string of the molecule is COc1ccc(C2(c3cccs3)C=c3ccccc3=CC2)cc1. The summed E-state index contributed by atoms with van der Waals surface area (Å²) in [6, 6.07) is 21.5. The molecule has 1 unspecified atom stereocenters. The molecular formula is C21H18OS. The van der Waals surface area contributed by atoms with E-state index in [9.17, 15) is 0 Å². The minimum absolute atomic E-state index is 0.0885. The number of hydrogen-bond donors (Lipinski definition) is 0. The van der Waals surface area contributed by atoms with Crippen LogP contribution in [0.1, 0.15) is 16.9 Å². The van der Waals surface area contributed by atoms with Crippen LogP contribution in [0.15, 0.2) is 66.0 Å². The number of thiophene rings is 1. The van der Waals surface area contributed by atoms with Gasteiger partial charge in [0.1, 0.15) is 5.75 Å². The summed E-state index contributed by atoms with van der Waals surface area (Å²) in [7, 11) is 1.71. The van der Waals surface area contributed by atoms with Gasteiger partial charge in [-0.1, -0.05) is 54.6 Å². The van der Waals surface area contributed by atoms with Crippen LogP contribution < -0.4 is 15.2 Å². The summed E-state index contributed by atoms with van der Waals surface area (Å²) in [6.07, 6.45) is 5.77. The highest BCUT2D eigenvalue weighted by molar-refractivity contribution is 7.10. The van der Waals surface area contributed by atoms with Crippen molar-refractivity contribution >= 4 is 23.5 Å². The van der Waals surface area contributed by atoms with Crippen molar-refractivity contribution in [2.75, 3.05) is 7.11 Å². The summed E-state index contributed by atoms with van der Waals surface area (Å²) in [5.74, 6) is 0.898. The van der Waals surface area contributed by atoms with Gasteiger partial charge in [0, 0.05) is 4.88 Å². The maximum absolute atomic E-state index is 5.32. The molecule has 0 bridgehead atoms. The highest BCUT2D eigenvalue weighted by atomic mass is 32.1. The minimum atomic E-state index is -0.0885. The van der Waals surface area contributed by atoms with E-state index in [4.69, 9.17) is 4.74 Å². The molecule has 1 aliphatic rings. The first-order valence-electron chi connectivity index (χ1n) is 7.78. The molecule has 114 valence electrons. The Balaban J connectivity index is 1.95. The molecular weight excluding hydrogens is 300 g/mol. The molecule has 0 N–H and O–H groups in total. The summed E-state index contributed by atoms with van der Waals surface area (Å²) in [5, 5.41) is 4.80. The molecule has 2 heteroatoms. The van der Waals surface area contributed by atoms with Crippen LogP contribution in [-0.4, -0.2) is 7.11 Å². The molecule has 3 aromatic rings. The number of rotatable bonds is 3. The Morgan fingerprint density at radius 1 is 0.913 bits per heavy atom. The molecule has 2 aromatic carbocycles. The fourth-order valence-electron chi connectivity index (χ4n) is 3.36. The second kappa shape index (κ2) is 5.71. The van der Waals surface area contributed by atoms with Crippen LogP contribution in [0.5, 0.6) is 5.75 Å². The zero-order valence-electron chi connectivity index (χ0n) is 13.0. The molecule has 1 nitrogen and oxygen atoms in total. The van der Waals surface area contributed by atoms with Crippen LogP contribution in [0.2, 0.25) is 0 Å². The van der Waals surface area contributed by atoms with Gasteiger partial charge in [-0.05, 0) is 46.0 Å². The summed E-state index contributed by atoms with van der Waals surface area (Å²) >= 11 is 1.83. The molecule has 0 amide bonds. The normalized spacial score (nSPS) is 19.3. The van der Waals surface area contributed by atoms with E-state index in [0.717, 1.165) is 12.2 Å². The molecule has 0 saturated carbocycles. The van der Waals surface area contributed by atoms with E-state index in [1.165, 1.54) is 20.9 Å². The number of methoxy groups -OCH3 is 1. The lowest BCUT2D eigenvalue weighted by atomic mass is 9.73. The quantitative estimate of drug-likeness (QED) is 0.715. The van der Waals surface area contributed by atoms with E-state index in [-0.39, 0.29) is 5.41 Å². The first-order chi connectivity index (χ1) is 11.3. The molecule has 0 spiro atoms. The third-order valence-electron chi connectivity index (χ3n) is 4.61. The lowest BCUT2D eigenvalue weighted by molar-refractivity contribution is 0.414. The Morgan fingerprint density at radius 3 is 2.39 bits per heavy atom. The van der Waals surface area contributed by atoms with E-state index in [1.54, 1.807) is 7.11 Å². The fraction of sp³-hybridized carbons (Fsp3) is 0.143. The first-order valence-corrected chi connectivity index (χ1v) is 8.66. The molecule has 23 heavy (non-hydrogen) atoms. The predicted molar refractivity (Wildman–Crippen MR) is 97.3 cm³/mol. The number of fused-ring (bicyclic) bond motifs is 1. The van der Waals surface area contributed by atoms with Crippen LogP contribution in [0.3, 0.4) is 0 Å². The van der Waals surface area contributed by atoms with Gasteiger partial charge >= 0.3 is 0 Å². The van der Waals surface area contributed by atoms with Gasteiger partial charge in [0.15, 0.2) is 0 Å². The van der Waals surface area contributed by atoms with Crippen molar-refractivity contribution < 1.29 is 4.74 Å². The first kappa shape index (κ1) is 14.3. The largest absolute Gasteiger partial charge is 0.497 e. The molecule has 1 heterocycles. The van der Waals surface area contributed by atoms with Crippen LogP contribution >= 0.6 is 11.3 Å². The van der Waals surface area contributed by atoms with E-state index >= 15 is 0 Å². The average molecular weight is 318 g/mol.